The van der Waals surface area contributed by atoms with E-state index in [1.54, 1.807) is 12.1 Å². The van der Waals surface area contributed by atoms with Gasteiger partial charge in [-0.3, -0.25) is 10.1 Å². The highest BCUT2D eigenvalue weighted by molar-refractivity contribution is 5.37. The predicted octanol–water partition coefficient (Wildman–Crippen LogP) is 3.19. The summed E-state index contributed by atoms with van der Waals surface area (Å²) in [6.07, 6.45) is 9.21. The second-order valence-electron chi connectivity index (χ2n) is 3.50. The zero-order valence-electron chi connectivity index (χ0n) is 8.17. The van der Waals surface area contributed by atoms with E-state index in [0.717, 1.165) is 12.0 Å². The molecule has 0 spiro atoms. The molecule has 0 radical (unpaired) electrons. The maximum Gasteiger partial charge on any atom is 0.269 e. The molecule has 0 amide bonds. The molecule has 76 valence electrons. The van der Waals surface area contributed by atoms with E-state index in [-0.39, 0.29) is 10.6 Å². The van der Waals surface area contributed by atoms with Gasteiger partial charge < -0.3 is 0 Å². The van der Waals surface area contributed by atoms with Gasteiger partial charge in [0.05, 0.1) is 4.92 Å². The summed E-state index contributed by atoms with van der Waals surface area (Å²) in [5, 5.41) is 10.5. The first kappa shape index (κ1) is 9.65. The Morgan fingerprint density at radius 2 is 1.93 bits per heavy atom. The van der Waals surface area contributed by atoms with Gasteiger partial charge in [0.25, 0.3) is 5.69 Å². The fourth-order valence-corrected chi connectivity index (χ4v) is 1.67. The second kappa shape index (κ2) is 4.09. The number of nitro benzene ring substituents is 1. The van der Waals surface area contributed by atoms with E-state index in [0.29, 0.717) is 5.92 Å². The molecule has 0 N–H and O–H groups in total. The highest BCUT2D eigenvalue weighted by Crippen LogP contribution is 2.25. The molecular formula is C12H11NO2. The third-order valence-corrected chi connectivity index (χ3v) is 2.51. The molecule has 0 fully saturated rings. The van der Waals surface area contributed by atoms with Crippen LogP contribution in [0.1, 0.15) is 17.9 Å². The van der Waals surface area contributed by atoms with Gasteiger partial charge in [-0.25, -0.2) is 0 Å². The SMILES string of the molecule is O=[N+]([O-])c1ccc(C2C=CC=CC2)cc1. The quantitative estimate of drug-likeness (QED) is 0.544. The Bertz CT molecular complexity index is 418. The molecule has 1 unspecified atom stereocenters. The summed E-state index contributed by atoms with van der Waals surface area (Å²) < 4.78 is 0. The Balaban J connectivity index is 2.20. The molecule has 0 saturated carbocycles. The summed E-state index contributed by atoms with van der Waals surface area (Å²) in [6.45, 7) is 0. The van der Waals surface area contributed by atoms with Crippen molar-refractivity contribution in [2.24, 2.45) is 0 Å². The Hall–Kier alpha value is -1.90. The summed E-state index contributed by atoms with van der Waals surface area (Å²) in [7, 11) is 0. The van der Waals surface area contributed by atoms with Gasteiger partial charge in [-0.05, 0) is 12.0 Å². The van der Waals surface area contributed by atoms with Crippen molar-refractivity contribution >= 4 is 5.69 Å². The Labute approximate surface area is 87.9 Å². The zero-order valence-corrected chi connectivity index (χ0v) is 8.17. The minimum Gasteiger partial charge on any atom is -0.258 e. The number of nitrogens with zero attached hydrogens (tertiary/aromatic N) is 1. The van der Waals surface area contributed by atoms with Gasteiger partial charge in [-0.1, -0.05) is 36.4 Å². The van der Waals surface area contributed by atoms with Gasteiger partial charge in [-0.2, -0.15) is 0 Å². The lowest BCUT2D eigenvalue weighted by molar-refractivity contribution is -0.384. The topological polar surface area (TPSA) is 43.1 Å². The minimum atomic E-state index is -0.375. The van der Waals surface area contributed by atoms with Crippen molar-refractivity contribution in [3.05, 3.63) is 64.2 Å². The fourth-order valence-electron chi connectivity index (χ4n) is 1.67. The summed E-state index contributed by atoms with van der Waals surface area (Å²) in [5.74, 6) is 0.357. The van der Waals surface area contributed by atoms with Gasteiger partial charge in [0, 0.05) is 18.1 Å². The van der Waals surface area contributed by atoms with E-state index in [1.807, 2.05) is 24.3 Å². The lowest BCUT2D eigenvalue weighted by Gasteiger charge is -2.12. The van der Waals surface area contributed by atoms with Crippen LogP contribution in [-0.2, 0) is 0 Å². The number of nitro groups is 1. The monoisotopic (exact) mass is 201 g/mol. The summed E-state index contributed by atoms with van der Waals surface area (Å²) in [5.41, 5.74) is 1.27. The van der Waals surface area contributed by atoms with Crippen molar-refractivity contribution in [3.8, 4) is 0 Å². The Kier molecular flexibility index (Phi) is 2.63. The van der Waals surface area contributed by atoms with Crippen molar-refractivity contribution in [3.63, 3.8) is 0 Å². The highest BCUT2D eigenvalue weighted by Gasteiger charge is 2.10. The lowest BCUT2D eigenvalue weighted by Crippen LogP contribution is -1.96. The summed E-state index contributed by atoms with van der Waals surface area (Å²) in [4.78, 5) is 10.1. The molecule has 0 aliphatic heterocycles. The fraction of sp³-hybridized carbons (Fsp3) is 0.167. The van der Waals surface area contributed by atoms with Crippen LogP contribution in [0.4, 0.5) is 5.69 Å². The molecule has 1 aromatic carbocycles. The summed E-state index contributed by atoms with van der Waals surface area (Å²) in [6, 6.07) is 6.77. The second-order valence-corrected chi connectivity index (χ2v) is 3.50. The molecular weight excluding hydrogens is 190 g/mol. The van der Waals surface area contributed by atoms with E-state index in [4.69, 9.17) is 0 Å². The minimum absolute atomic E-state index is 0.147. The normalized spacial score (nSPS) is 19.1. The van der Waals surface area contributed by atoms with E-state index >= 15 is 0 Å². The number of rotatable bonds is 2. The van der Waals surface area contributed by atoms with Crippen molar-refractivity contribution in [1.82, 2.24) is 0 Å². The molecule has 2 rings (SSSR count). The van der Waals surface area contributed by atoms with Crippen molar-refractivity contribution in [1.29, 1.82) is 0 Å². The number of benzene rings is 1. The molecule has 0 saturated heterocycles. The first-order valence-corrected chi connectivity index (χ1v) is 4.85. The van der Waals surface area contributed by atoms with Crippen LogP contribution in [0.5, 0.6) is 0 Å². The molecule has 3 nitrogen and oxygen atoms in total. The third kappa shape index (κ3) is 2.13. The molecule has 0 bridgehead atoms. The number of hydrogen-bond donors (Lipinski definition) is 0. The van der Waals surface area contributed by atoms with Crippen molar-refractivity contribution < 1.29 is 4.92 Å². The summed E-state index contributed by atoms with van der Waals surface area (Å²) >= 11 is 0. The van der Waals surface area contributed by atoms with E-state index in [1.165, 1.54) is 0 Å². The molecule has 0 heterocycles. The van der Waals surface area contributed by atoms with Crippen LogP contribution in [0.25, 0.3) is 0 Å². The van der Waals surface area contributed by atoms with E-state index in [2.05, 4.69) is 12.2 Å². The van der Waals surface area contributed by atoms with E-state index in [9.17, 15) is 10.1 Å². The Morgan fingerprint density at radius 1 is 1.20 bits per heavy atom. The molecule has 15 heavy (non-hydrogen) atoms. The smallest absolute Gasteiger partial charge is 0.258 e. The van der Waals surface area contributed by atoms with Gasteiger partial charge in [0.2, 0.25) is 0 Å². The van der Waals surface area contributed by atoms with Crippen LogP contribution in [-0.4, -0.2) is 4.92 Å². The van der Waals surface area contributed by atoms with Crippen LogP contribution in [0.15, 0.2) is 48.6 Å². The van der Waals surface area contributed by atoms with Crippen LogP contribution < -0.4 is 0 Å². The van der Waals surface area contributed by atoms with Gasteiger partial charge in [-0.15, -0.1) is 0 Å². The molecule has 0 aromatic heterocycles. The van der Waals surface area contributed by atoms with Crippen LogP contribution in [0, 0.1) is 10.1 Å². The predicted molar refractivity (Wildman–Crippen MR) is 58.7 cm³/mol. The maximum atomic E-state index is 10.5. The largest absolute Gasteiger partial charge is 0.269 e. The first-order valence-electron chi connectivity index (χ1n) is 4.85. The average Bonchev–Trinajstić information content (AvgIpc) is 2.30. The standard InChI is InChI=1S/C12H11NO2/c14-13(15)12-8-6-11(7-9-12)10-4-2-1-3-5-10/h1-4,6-10H,5H2. The molecule has 1 aliphatic carbocycles. The average molecular weight is 201 g/mol. The Morgan fingerprint density at radius 3 is 2.47 bits per heavy atom. The highest BCUT2D eigenvalue weighted by atomic mass is 16.6. The van der Waals surface area contributed by atoms with Crippen LogP contribution in [0.3, 0.4) is 0 Å². The molecule has 1 aromatic rings. The van der Waals surface area contributed by atoms with Gasteiger partial charge in [0.1, 0.15) is 0 Å². The zero-order chi connectivity index (χ0) is 10.7. The number of hydrogen-bond acceptors (Lipinski definition) is 2. The lowest BCUT2D eigenvalue weighted by atomic mass is 9.92. The third-order valence-electron chi connectivity index (χ3n) is 2.51. The molecule has 3 heteroatoms. The van der Waals surface area contributed by atoms with Gasteiger partial charge in [0.15, 0.2) is 0 Å². The van der Waals surface area contributed by atoms with Crippen molar-refractivity contribution in [2.45, 2.75) is 12.3 Å². The van der Waals surface area contributed by atoms with Gasteiger partial charge >= 0.3 is 0 Å². The molecule has 1 atom stereocenters. The van der Waals surface area contributed by atoms with Crippen LogP contribution >= 0.6 is 0 Å². The number of non-ortho nitro benzene ring substituents is 1. The molecule has 1 aliphatic rings. The number of allylic oxidation sites excluding steroid dienone is 4. The van der Waals surface area contributed by atoms with E-state index < -0.39 is 0 Å². The maximum absolute atomic E-state index is 10.5. The first-order chi connectivity index (χ1) is 7.27. The van der Waals surface area contributed by atoms with Crippen LogP contribution in [0.2, 0.25) is 0 Å². The van der Waals surface area contributed by atoms with Crippen molar-refractivity contribution in [2.75, 3.05) is 0 Å².